The number of fused-ring (bicyclic) bond motifs is 2. The van der Waals surface area contributed by atoms with Crippen molar-refractivity contribution in [3.8, 4) is 0 Å². The molecule has 5 heteroatoms. The molecule has 1 fully saturated rings. The average molecular weight is 430 g/mol. The summed E-state index contributed by atoms with van der Waals surface area (Å²) in [7, 11) is 0. The molecule has 0 radical (unpaired) electrons. The minimum Gasteiger partial charge on any atom is -0.325 e. The first-order valence-corrected chi connectivity index (χ1v) is 10.8. The van der Waals surface area contributed by atoms with Crippen molar-refractivity contribution in [2.75, 3.05) is 5.32 Å². The first-order valence-electron chi connectivity index (χ1n) is 10.1. The van der Waals surface area contributed by atoms with Gasteiger partial charge in [0.1, 0.15) is 5.78 Å². The Balaban J connectivity index is 2.03. The van der Waals surface area contributed by atoms with Crippen molar-refractivity contribution < 1.29 is 9.59 Å². The van der Waals surface area contributed by atoms with Gasteiger partial charge in [-0.1, -0.05) is 68.6 Å². The molecule has 2 aliphatic rings. The summed E-state index contributed by atoms with van der Waals surface area (Å²) in [5.41, 5.74) is 1.58. The van der Waals surface area contributed by atoms with E-state index in [4.69, 9.17) is 23.2 Å². The second kappa shape index (κ2) is 7.14. The fourth-order valence-corrected chi connectivity index (χ4v) is 5.74. The van der Waals surface area contributed by atoms with Gasteiger partial charge in [0.2, 0.25) is 5.91 Å². The predicted octanol–water partition coefficient (Wildman–Crippen LogP) is 6.38. The second-order valence-electron chi connectivity index (χ2n) is 8.96. The SMILES string of the molecule is CCC(C)(C)[C@H]1CC(=O)C[C@@H](c2cccc(Cl)c2)[C@@]12C(=O)Nc1cc(Cl)ccc12. The van der Waals surface area contributed by atoms with Crippen LogP contribution in [0.1, 0.15) is 57.1 Å². The van der Waals surface area contributed by atoms with E-state index >= 15 is 0 Å². The molecule has 0 bridgehead atoms. The highest BCUT2D eigenvalue weighted by Gasteiger charge is 2.63. The maximum Gasteiger partial charge on any atom is 0.236 e. The minimum atomic E-state index is -0.835. The van der Waals surface area contributed by atoms with Crippen LogP contribution >= 0.6 is 23.2 Å². The van der Waals surface area contributed by atoms with E-state index < -0.39 is 5.41 Å². The van der Waals surface area contributed by atoms with Crippen LogP contribution in [-0.2, 0) is 15.0 Å². The number of hydrogen-bond acceptors (Lipinski definition) is 2. The van der Waals surface area contributed by atoms with Crippen LogP contribution in [0.3, 0.4) is 0 Å². The number of carbonyl (C=O) groups excluding carboxylic acids is 2. The highest BCUT2D eigenvalue weighted by atomic mass is 35.5. The van der Waals surface area contributed by atoms with Crippen molar-refractivity contribution in [2.24, 2.45) is 11.3 Å². The Kier molecular flexibility index (Phi) is 5.03. The van der Waals surface area contributed by atoms with Crippen molar-refractivity contribution in [2.45, 2.75) is 51.4 Å². The number of Topliss-reactive ketones (excluding diaryl/α,β-unsaturated/α-hetero) is 1. The lowest BCUT2D eigenvalue weighted by molar-refractivity contribution is -0.135. The number of amides is 1. The molecule has 1 N–H and O–H groups in total. The second-order valence-corrected chi connectivity index (χ2v) is 9.84. The molecule has 3 atom stereocenters. The third kappa shape index (κ3) is 3.10. The molecule has 1 aliphatic heterocycles. The van der Waals surface area contributed by atoms with Crippen LogP contribution in [0.2, 0.25) is 10.0 Å². The molecule has 0 saturated heterocycles. The molecule has 2 aromatic rings. The van der Waals surface area contributed by atoms with Gasteiger partial charge in [-0.25, -0.2) is 0 Å². The zero-order valence-corrected chi connectivity index (χ0v) is 18.4. The normalized spacial score (nSPS) is 26.5. The van der Waals surface area contributed by atoms with Gasteiger partial charge in [0.15, 0.2) is 0 Å². The first-order chi connectivity index (χ1) is 13.7. The summed E-state index contributed by atoms with van der Waals surface area (Å²) in [6, 6.07) is 13.2. The van der Waals surface area contributed by atoms with E-state index in [1.807, 2.05) is 42.5 Å². The van der Waals surface area contributed by atoms with E-state index in [2.05, 4.69) is 26.1 Å². The van der Waals surface area contributed by atoms with Gasteiger partial charge in [0, 0.05) is 34.5 Å². The lowest BCUT2D eigenvalue weighted by Crippen LogP contribution is -2.55. The maximum absolute atomic E-state index is 13.8. The fraction of sp³-hybridized carbons (Fsp3) is 0.417. The molecule has 29 heavy (non-hydrogen) atoms. The van der Waals surface area contributed by atoms with Crippen LogP contribution in [0, 0.1) is 11.3 Å². The van der Waals surface area contributed by atoms with Crippen LogP contribution in [0.25, 0.3) is 0 Å². The number of ketones is 1. The van der Waals surface area contributed by atoms with E-state index in [1.54, 1.807) is 0 Å². The van der Waals surface area contributed by atoms with Crippen molar-refractivity contribution in [1.82, 2.24) is 0 Å². The number of nitrogens with one attached hydrogen (secondary N) is 1. The van der Waals surface area contributed by atoms with Crippen molar-refractivity contribution >= 4 is 40.6 Å². The van der Waals surface area contributed by atoms with Crippen LogP contribution in [0.5, 0.6) is 0 Å². The van der Waals surface area contributed by atoms with E-state index in [0.717, 1.165) is 23.2 Å². The van der Waals surface area contributed by atoms with Gasteiger partial charge in [0.05, 0.1) is 5.41 Å². The molecular formula is C24H25Cl2NO2. The van der Waals surface area contributed by atoms with Crippen molar-refractivity contribution in [3.05, 3.63) is 63.6 Å². The molecule has 1 aliphatic carbocycles. The first kappa shape index (κ1) is 20.4. The number of benzene rings is 2. The summed E-state index contributed by atoms with van der Waals surface area (Å²) in [6.07, 6.45) is 1.59. The van der Waals surface area contributed by atoms with E-state index in [9.17, 15) is 9.59 Å². The highest BCUT2D eigenvalue weighted by molar-refractivity contribution is 6.31. The summed E-state index contributed by atoms with van der Waals surface area (Å²) >= 11 is 12.5. The van der Waals surface area contributed by atoms with E-state index in [-0.39, 0.29) is 28.9 Å². The Morgan fingerprint density at radius 3 is 2.48 bits per heavy atom. The van der Waals surface area contributed by atoms with Crippen molar-refractivity contribution in [3.63, 3.8) is 0 Å². The quantitative estimate of drug-likeness (QED) is 0.614. The van der Waals surface area contributed by atoms with Crippen LogP contribution in [0.4, 0.5) is 5.69 Å². The molecular weight excluding hydrogens is 405 g/mol. The van der Waals surface area contributed by atoms with E-state index in [0.29, 0.717) is 22.9 Å². The smallest absolute Gasteiger partial charge is 0.236 e. The Morgan fingerprint density at radius 2 is 1.79 bits per heavy atom. The average Bonchev–Trinajstić information content (AvgIpc) is 2.94. The third-order valence-corrected chi connectivity index (χ3v) is 7.59. The Bertz CT molecular complexity index is 1000. The molecule has 1 saturated carbocycles. The molecule has 0 aromatic heterocycles. The number of anilines is 1. The predicted molar refractivity (Wildman–Crippen MR) is 118 cm³/mol. The molecule has 4 rings (SSSR count). The van der Waals surface area contributed by atoms with Gasteiger partial charge in [-0.05, 0) is 46.7 Å². The summed E-state index contributed by atoms with van der Waals surface area (Å²) in [5, 5.41) is 4.28. The number of rotatable bonds is 3. The Labute approximate surface area is 181 Å². The lowest BCUT2D eigenvalue weighted by Gasteiger charge is -2.51. The summed E-state index contributed by atoms with van der Waals surface area (Å²) in [6.45, 7) is 6.44. The molecule has 0 unspecified atom stereocenters. The molecule has 1 spiro atoms. The fourth-order valence-electron chi connectivity index (χ4n) is 5.37. The summed E-state index contributed by atoms with van der Waals surface area (Å²) in [5.74, 6) is -0.255. The zero-order chi connectivity index (χ0) is 21.0. The van der Waals surface area contributed by atoms with Crippen LogP contribution < -0.4 is 5.32 Å². The lowest BCUT2D eigenvalue weighted by atomic mass is 9.49. The molecule has 1 amide bonds. The third-order valence-electron chi connectivity index (χ3n) is 7.12. The van der Waals surface area contributed by atoms with Gasteiger partial charge in [-0.3, -0.25) is 9.59 Å². The number of hydrogen-bond donors (Lipinski definition) is 1. The summed E-state index contributed by atoms with van der Waals surface area (Å²) in [4.78, 5) is 26.7. The van der Waals surface area contributed by atoms with Gasteiger partial charge >= 0.3 is 0 Å². The molecule has 152 valence electrons. The minimum absolute atomic E-state index is 0.0428. The largest absolute Gasteiger partial charge is 0.325 e. The summed E-state index contributed by atoms with van der Waals surface area (Å²) < 4.78 is 0. The Hall–Kier alpha value is -1.84. The molecule has 1 heterocycles. The van der Waals surface area contributed by atoms with Crippen molar-refractivity contribution in [1.29, 1.82) is 0 Å². The van der Waals surface area contributed by atoms with Gasteiger partial charge in [-0.15, -0.1) is 0 Å². The molecule has 3 nitrogen and oxygen atoms in total. The van der Waals surface area contributed by atoms with Gasteiger partial charge in [-0.2, -0.15) is 0 Å². The molecule has 2 aromatic carbocycles. The zero-order valence-electron chi connectivity index (χ0n) is 16.9. The van der Waals surface area contributed by atoms with E-state index in [1.165, 1.54) is 0 Å². The maximum atomic E-state index is 13.8. The van der Waals surface area contributed by atoms with Gasteiger partial charge < -0.3 is 5.32 Å². The Morgan fingerprint density at radius 1 is 1.07 bits per heavy atom. The van der Waals surface area contributed by atoms with Crippen LogP contribution in [0.15, 0.2) is 42.5 Å². The number of carbonyl (C=O) groups is 2. The monoisotopic (exact) mass is 429 g/mol. The highest BCUT2D eigenvalue weighted by Crippen LogP contribution is 2.61. The van der Waals surface area contributed by atoms with Crippen LogP contribution in [-0.4, -0.2) is 11.7 Å². The standard InChI is InChI=1S/C24H25Cl2NO2/c1-4-23(2,3)21-13-17(28)12-19(14-6-5-7-15(25)10-14)24(21)18-9-8-16(26)11-20(18)27-22(24)29/h5-11,19,21H,4,12-13H2,1-3H3,(H,27,29)/t19-,21+,24+/m0/s1. The van der Waals surface area contributed by atoms with Gasteiger partial charge in [0.25, 0.3) is 0 Å². The topological polar surface area (TPSA) is 46.2 Å². The number of halogens is 2.